The summed E-state index contributed by atoms with van der Waals surface area (Å²) >= 11 is 2.32. The molecule has 0 aromatic rings. The van der Waals surface area contributed by atoms with E-state index in [-0.39, 0.29) is 0 Å². The van der Waals surface area contributed by atoms with Gasteiger partial charge in [-0.3, -0.25) is 0 Å². The Balaban J connectivity index is 5.01. The summed E-state index contributed by atoms with van der Waals surface area (Å²) in [5, 5.41) is 0. The molecule has 0 aromatic carbocycles. The fourth-order valence-corrected chi connectivity index (χ4v) is 9.15. The first-order chi connectivity index (χ1) is 8.18. The van der Waals surface area contributed by atoms with Gasteiger partial charge >= 0.3 is 0 Å². The summed E-state index contributed by atoms with van der Waals surface area (Å²) in [4.78, 5) is 0. The molecular formula is C15H31IOSi. The van der Waals surface area contributed by atoms with Crippen LogP contribution >= 0.6 is 22.6 Å². The van der Waals surface area contributed by atoms with Gasteiger partial charge in [-0.25, -0.2) is 0 Å². The molecule has 0 rings (SSSR count). The molecule has 0 spiro atoms. The minimum atomic E-state index is -1.70. The standard InChI is InChI=1S/C15H31IOSi/c1-11(2)18(12(3)4,13(5)6)17-15(8)9-14(7)10-16/h10-13,15H,9H2,1-8H3/b14-10+/t15-/m0/s1. The number of rotatable bonds is 7. The maximum absolute atomic E-state index is 6.69. The van der Waals surface area contributed by atoms with Crippen molar-refractivity contribution in [3.05, 3.63) is 9.66 Å². The Kier molecular flexibility index (Phi) is 8.34. The van der Waals surface area contributed by atoms with Crippen molar-refractivity contribution in [2.24, 2.45) is 0 Å². The summed E-state index contributed by atoms with van der Waals surface area (Å²) in [5.41, 5.74) is 3.43. The highest BCUT2D eigenvalue weighted by atomic mass is 127. The van der Waals surface area contributed by atoms with Gasteiger partial charge in [0.15, 0.2) is 0 Å². The van der Waals surface area contributed by atoms with Crippen LogP contribution in [0.5, 0.6) is 0 Å². The molecule has 0 N–H and O–H groups in total. The third kappa shape index (κ3) is 4.64. The third-order valence-electron chi connectivity index (χ3n) is 3.91. The molecule has 1 atom stereocenters. The number of halogens is 1. The summed E-state index contributed by atoms with van der Waals surface area (Å²) in [5.74, 6) is 0. The highest BCUT2D eigenvalue weighted by Gasteiger charge is 2.45. The van der Waals surface area contributed by atoms with E-state index in [2.05, 4.69) is 82.1 Å². The molecule has 0 amide bonds. The van der Waals surface area contributed by atoms with Crippen LogP contribution in [-0.4, -0.2) is 14.4 Å². The van der Waals surface area contributed by atoms with Gasteiger partial charge in [-0.05, 0) is 41.0 Å². The monoisotopic (exact) mass is 382 g/mol. The molecule has 0 saturated heterocycles. The van der Waals surface area contributed by atoms with Crippen LogP contribution in [0.25, 0.3) is 0 Å². The van der Waals surface area contributed by atoms with Crippen molar-refractivity contribution in [2.45, 2.75) is 84.5 Å². The molecule has 0 aromatic heterocycles. The van der Waals surface area contributed by atoms with E-state index in [1.54, 1.807) is 0 Å². The van der Waals surface area contributed by atoms with Gasteiger partial charge < -0.3 is 4.43 Å². The normalized spacial score (nSPS) is 15.9. The lowest BCUT2D eigenvalue weighted by atomic mass is 10.2. The first-order valence-corrected chi connectivity index (χ1v) is 10.5. The SMILES string of the molecule is C/C(=C\I)C[C@H](C)O[Si](C(C)C)(C(C)C)C(C)C. The smallest absolute Gasteiger partial charge is 0.200 e. The average molecular weight is 382 g/mol. The molecule has 0 aliphatic carbocycles. The van der Waals surface area contributed by atoms with Crippen molar-refractivity contribution in [3.63, 3.8) is 0 Å². The number of hydrogen-bond acceptors (Lipinski definition) is 1. The molecule has 0 fully saturated rings. The van der Waals surface area contributed by atoms with Crippen molar-refractivity contribution >= 4 is 30.9 Å². The van der Waals surface area contributed by atoms with Gasteiger partial charge in [0.25, 0.3) is 0 Å². The molecule has 0 radical (unpaired) electrons. The van der Waals surface area contributed by atoms with Crippen LogP contribution in [0.4, 0.5) is 0 Å². The van der Waals surface area contributed by atoms with Crippen molar-refractivity contribution < 1.29 is 4.43 Å². The Morgan fingerprint density at radius 1 is 1.00 bits per heavy atom. The highest BCUT2D eigenvalue weighted by molar-refractivity contribution is 14.1. The Hall–Kier alpha value is 0.647. The van der Waals surface area contributed by atoms with E-state index >= 15 is 0 Å². The van der Waals surface area contributed by atoms with Crippen LogP contribution < -0.4 is 0 Å². The van der Waals surface area contributed by atoms with E-state index in [1.165, 1.54) is 5.57 Å². The van der Waals surface area contributed by atoms with Crippen LogP contribution in [0.2, 0.25) is 16.6 Å². The predicted molar refractivity (Wildman–Crippen MR) is 94.0 cm³/mol. The maximum Gasteiger partial charge on any atom is 0.200 e. The van der Waals surface area contributed by atoms with Gasteiger partial charge in [-0.15, -0.1) is 0 Å². The molecule has 1 nitrogen and oxygen atoms in total. The van der Waals surface area contributed by atoms with Crippen molar-refractivity contribution in [1.82, 2.24) is 0 Å². The summed E-state index contributed by atoms with van der Waals surface area (Å²) in [6.07, 6.45) is 1.40. The molecule has 3 heteroatoms. The van der Waals surface area contributed by atoms with Gasteiger partial charge in [0.2, 0.25) is 8.32 Å². The van der Waals surface area contributed by atoms with E-state index in [0.717, 1.165) is 6.42 Å². The zero-order chi connectivity index (χ0) is 14.5. The summed E-state index contributed by atoms with van der Waals surface area (Å²) in [6, 6.07) is 0. The van der Waals surface area contributed by atoms with Gasteiger partial charge in [-0.1, -0.05) is 69.7 Å². The van der Waals surface area contributed by atoms with Crippen LogP contribution in [-0.2, 0) is 4.43 Å². The average Bonchev–Trinajstić information content (AvgIpc) is 2.23. The quantitative estimate of drug-likeness (QED) is 0.371. The van der Waals surface area contributed by atoms with Crippen LogP contribution in [0, 0.1) is 0 Å². The summed E-state index contributed by atoms with van der Waals surface area (Å²) in [7, 11) is -1.70. The second-order valence-electron chi connectivity index (χ2n) is 6.41. The predicted octanol–water partition coefficient (Wildman–Crippen LogP) is 6.30. The van der Waals surface area contributed by atoms with Crippen molar-refractivity contribution in [3.8, 4) is 0 Å². The minimum absolute atomic E-state index is 0.342. The molecule has 0 saturated carbocycles. The molecule has 0 heterocycles. The Morgan fingerprint density at radius 2 is 1.39 bits per heavy atom. The van der Waals surface area contributed by atoms with Gasteiger partial charge in [0.05, 0.1) is 0 Å². The van der Waals surface area contributed by atoms with E-state index in [9.17, 15) is 0 Å². The van der Waals surface area contributed by atoms with Crippen LogP contribution in [0.1, 0.15) is 61.8 Å². The second kappa shape index (κ2) is 8.05. The van der Waals surface area contributed by atoms with E-state index in [1.807, 2.05) is 0 Å². The molecule has 0 aliphatic rings. The zero-order valence-electron chi connectivity index (χ0n) is 13.4. The first kappa shape index (κ1) is 18.6. The fourth-order valence-electron chi connectivity index (χ4n) is 3.30. The molecule has 108 valence electrons. The van der Waals surface area contributed by atoms with Gasteiger partial charge in [0, 0.05) is 6.10 Å². The molecule has 0 unspecified atom stereocenters. The van der Waals surface area contributed by atoms with Crippen LogP contribution in [0.3, 0.4) is 0 Å². The van der Waals surface area contributed by atoms with Crippen molar-refractivity contribution in [1.29, 1.82) is 0 Å². The third-order valence-corrected chi connectivity index (χ3v) is 11.2. The van der Waals surface area contributed by atoms with Gasteiger partial charge in [-0.2, -0.15) is 0 Å². The maximum atomic E-state index is 6.69. The summed E-state index contributed by atoms with van der Waals surface area (Å²) in [6.45, 7) is 18.5. The minimum Gasteiger partial charge on any atom is -0.413 e. The van der Waals surface area contributed by atoms with E-state index in [0.29, 0.717) is 22.7 Å². The fraction of sp³-hybridized carbons (Fsp3) is 0.867. The topological polar surface area (TPSA) is 9.23 Å². The second-order valence-corrected chi connectivity index (χ2v) is 12.4. The van der Waals surface area contributed by atoms with Crippen LogP contribution in [0.15, 0.2) is 9.66 Å². The Morgan fingerprint density at radius 3 is 1.67 bits per heavy atom. The lowest BCUT2D eigenvalue weighted by Gasteiger charge is -2.44. The van der Waals surface area contributed by atoms with Crippen molar-refractivity contribution in [2.75, 3.05) is 0 Å². The Labute approximate surface area is 129 Å². The molecule has 0 bridgehead atoms. The highest BCUT2D eigenvalue weighted by Crippen LogP contribution is 2.43. The molecular weight excluding hydrogens is 351 g/mol. The zero-order valence-corrected chi connectivity index (χ0v) is 16.5. The number of hydrogen-bond donors (Lipinski definition) is 0. The van der Waals surface area contributed by atoms with E-state index in [4.69, 9.17) is 4.43 Å². The van der Waals surface area contributed by atoms with Gasteiger partial charge in [0.1, 0.15) is 0 Å². The Bertz CT molecular complexity index is 250. The first-order valence-electron chi connectivity index (χ1n) is 7.12. The van der Waals surface area contributed by atoms with E-state index < -0.39 is 8.32 Å². The molecule has 0 aliphatic heterocycles. The summed E-state index contributed by atoms with van der Waals surface area (Å²) < 4.78 is 8.86. The molecule has 18 heavy (non-hydrogen) atoms. The largest absolute Gasteiger partial charge is 0.413 e. The lowest BCUT2D eigenvalue weighted by molar-refractivity contribution is 0.191. The lowest BCUT2D eigenvalue weighted by Crippen LogP contribution is -2.49.